The largest absolute Gasteiger partial charge is 0.423 e. The van der Waals surface area contributed by atoms with Crippen LogP contribution in [0.5, 0.6) is 0 Å². The molecule has 0 saturated heterocycles. The summed E-state index contributed by atoms with van der Waals surface area (Å²) in [6.07, 6.45) is 0.953. The van der Waals surface area contributed by atoms with Gasteiger partial charge in [0.05, 0.1) is 12.7 Å². The van der Waals surface area contributed by atoms with Gasteiger partial charge in [0.15, 0.2) is 5.52 Å². The molecule has 5 nitrogen and oxygen atoms in total. The summed E-state index contributed by atoms with van der Waals surface area (Å²) in [6.45, 7) is 0. The second-order valence-corrected chi connectivity index (χ2v) is 4.45. The molecule has 108 valence electrons. The van der Waals surface area contributed by atoms with Crippen molar-refractivity contribution in [3.63, 3.8) is 0 Å². The summed E-state index contributed by atoms with van der Waals surface area (Å²) < 4.78 is 46.8. The van der Waals surface area contributed by atoms with Crippen LogP contribution in [0.15, 0.2) is 27.7 Å². The maximum Gasteiger partial charge on any atom is 0.304 e. The number of imidazole rings is 1. The van der Waals surface area contributed by atoms with E-state index in [1.807, 2.05) is 0 Å². The molecule has 0 spiro atoms. The summed E-state index contributed by atoms with van der Waals surface area (Å²) in [5, 5.41) is 0. The Morgan fingerprint density at radius 2 is 1.90 bits per heavy atom. The summed E-state index contributed by atoms with van der Waals surface area (Å²) in [5.41, 5.74) is -0.905. The van der Waals surface area contributed by atoms with Gasteiger partial charge in [-0.05, 0) is 0 Å². The van der Waals surface area contributed by atoms with Crippen molar-refractivity contribution < 1.29 is 17.6 Å². The zero-order valence-corrected chi connectivity index (χ0v) is 10.7. The summed E-state index contributed by atoms with van der Waals surface area (Å²) >= 11 is 0. The molecule has 0 radical (unpaired) electrons. The fourth-order valence-corrected chi connectivity index (χ4v) is 1.95. The van der Waals surface area contributed by atoms with E-state index in [2.05, 4.69) is 9.97 Å². The van der Waals surface area contributed by atoms with Crippen LogP contribution >= 0.6 is 0 Å². The molecule has 3 rings (SSSR count). The highest BCUT2D eigenvalue weighted by Gasteiger charge is 2.16. The Balaban J connectivity index is 2.10. The molecule has 2 heterocycles. The van der Waals surface area contributed by atoms with E-state index in [9.17, 15) is 18.0 Å². The third kappa shape index (κ3) is 2.28. The number of fused-ring (bicyclic) bond motifs is 1. The first-order valence-electron chi connectivity index (χ1n) is 5.90. The lowest BCUT2D eigenvalue weighted by molar-refractivity contribution is 0.478. The monoisotopic (exact) mass is 295 g/mol. The maximum atomic E-state index is 13.6. The molecule has 21 heavy (non-hydrogen) atoms. The number of rotatable bonds is 2. The van der Waals surface area contributed by atoms with E-state index in [4.69, 9.17) is 4.42 Å². The molecule has 0 aliphatic heterocycles. The molecule has 0 bridgehead atoms. The van der Waals surface area contributed by atoms with E-state index < -0.39 is 35.0 Å². The van der Waals surface area contributed by atoms with Gasteiger partial charge in [0, 0.05) is 24.7 Å². The molecule has 0 aliphatic rings. The molecule has 2 aromatic heterocycles. The van der Waals surface area contributed by atoms with Crippen molar-refractivity contribution in [1.29, 1.82) is 0 Å². The zero-order chi connectivity index (χ0) is 15.1. The first-order chi connectivity index (χ1) is 9.95. The van der Waals surface area contributed by atoms with Crippen LogP contribution in [0.3, 0.4) is 0 Å². The van der Waals surface area contributed by atoms with Crippen molar-refractivity contribution >= 4 is 11.2 Å². The van der Waals surface area contributed by atoms with Crippen LogP contribution in [0.4, 0.5) is 13.2 Å². The first kappa shape index (κ1) is 13.3. The number of hydrogen-bond acceptors (Lipinski definition) is 4. The SMILES string of the molecule is Cn1cnc2c(=O)nc(Cc3c(F)cc(F)cc3F)oc21. The van der Waals surface area contributed by atoms with Crippen molar-refractivity contribution in [2.24, 2.45) is 7.05 Å². The van der Waals surface area contributed by atoms with Gasteiger partial charge in [0.2, 0.25) is 11.6 Å². The highest BCUT2D eigenvalue weighted by Crippen LogP contribution is 2.18. The molecule has 0 unspecified atom stereocenters. The van der Waals surface area contributed by atoms with Gasteiger partial charge in [-0.25, -0.2) is 18.2 Å². The molecular weight excluding hydrogens is 287 g/mol. The van der Waals surface area contributed by atoms with Crippen molar-refractivity contribution in [3.05, 3.63) is 57.7 Å². The van der Waals surface area contributed by atoms with Gasteiger partial charge in [0.1, 0.15) is 17.5 Å². The highest BCUT2D eigenvalue weighted by molar-refractivity contribution is 5.66. The zero-order valence-electron chi connectivity index (χ0n) is 10.7. The normalized spacial score (nSPS) is 11.2. The molecular formula is C13H8F3N3O2. The number of benzene rings is 1. The van der Waals surface area contributed by atoms with Crippen molar-refractivity contribution in [2.45, 2.75) is 6.42 Å². The Labute approximate surface area is 115 Å². The highest BCUT2D eigenvalue weighted by atomic mass is 19.1. The van der Waals surface area contributed by atoms with E-state index >= 15 is 0 Å². The molecule has 1 aromatic carbocycles. The maximum absolute atomic E-state index is 13.6. The first-order valence-corrected chi connectivity index (χ1v) is 5.90. The van der Waals surface area contributed by atoms with Crippen LogP contribution in [0.2, 0.25) is 0 Å². The average molecular weight is 295 g/mol. The summed E-state index contributed by atoms with van der Waals surface area (Å²) in [6, 6.07) is 1.11. The Hall–Kier alpha value is -2.64. The van der Waals surface area contributed by atoms with E-state index in [1.165, 1.54) is 10.9 Å². The smallest absolute Gasteiger partial charge is 0.304 e. The second kappa shape index (κ2) is 4.72. The molecule has 0 amide bonds. The number of aromatic nitrogens is 3. The molecule has 0 fully saturated rings. The minimum atomic E-state index is -1.07. The number of hydrogen-bond donors (Lipinski definition) is 0. The van der Waals surface area contributed by atoms with Crippen LogP contribution in [0, 0.1) is 17.5 Å². The van der Waals surface area contributed by atoms with Crippen molar-refractivity contribution in [3.8, 4) is 0 Å². The molecule has 0 atom stereocenters. The number of halogens is 3. The van der Waals surface area contributed by atoms with Gasteiger partial charge in [-0.15, -0.1) is 0 Å². The Kier molecular flexibility index (Phi) is 3.00. The van der Waals surface area contributed by atoms with Gasteiger partial charge in [-0.1, -0.05) is 0 Å². The lowest BCUT2D eigenvalue weighted by Gasteiger charge is -2.04. The van der Waals surface area contributed by atoms with Gasteiger partial charge < -0.3 is 8.98 Å². The topological polar surface area (TPSA) is 60.9 Å². The summed E-state index contributed by atoms with van der Waals surface area (Å²) in [5.74, 6) is -3.34. The number of aryl methyl sites for hydroxylation is 1. The van der Waals surface area contributed by atoms with Gasteiger partial charge in [0.25, 0.3) is 0 Å². The Bertz CT molecular complexity index is 878. The van der Waals surface area contributed by atoms with Crippen LogP contribution in [0.25, 0.3) is 11.2 Å². The van der Waals surface area contributed by atoms with Crippen LogP contribution in [-0.4, -0.2) is 14.5 Å². The lowest BCUT2D eigenvalue weighted by atomic mass is 10.1. The third-order valence-electron chi connectivity index (χ3n) is 2.96. The second-order valence-electron chi connectivity index (χ2n) is 4.45. The van der Waals surface area contributed by atoms with Gasteiger partial charge >= 0.3 is 5.56 Å². The van der Waals surface area contributed by atoms with Crippen LogP contribution in [-0.2, 0) is 13.5 Å². The van der Waals surface area contributed by atoms with Crippen molar-refractivity contribution in [2.75, 3.05) is 0 Å². The molecule has 0 saturated carbocycles. The Morgan fingerprint density at radius 3 is 2.57 bits per heavy atom. The molecule has 0 N–H and O–H groups in total. The Morgan fingerprint density at radius 1 is 1.24 bits per heavy atom. The molecule has 8 heteroatoms. The fraction of sp³-hybridized carbons (Fsp3) is 0.154. The third-order valence-corrected chi connectivity index (χ3v) is 2.96. The molecule has 0 aliphatic carbocycles. The summed E-state index contributed by atoms with van der Waals surface area (Å²) in [4.78, 5) is 19.1. The standard InChI is InChI=1S/C13H8F3N3O2/c1-19-5-17-11-12(20)18-10(21-13(11)19)4-7-8(15)2-6(14)3-9(7)16/h2-3,5H,4H2,1H3. The lowest BCUT2D eigenvalue weighted by Crippen LogP contribution is -2.11. The fourth-order valence-electron chi connectivity index (χ4n) is 1.95. The van der Waals surface area contributed by atoms with Crippen molar-refractivity contribution in [1.82, 2.24) is 14.5 Å². The number of nitrogens with zero attached hydrogens (tertiary/aromatic N) is 3. The van der Waals surface area contributed by atoms with Crippen LogP contribution in [0.1, 0.15) is 11.5 Å². The van der Waals surface area contributed by atoms with E-state index in [0.717, 1.165) is 0 Å². The van der Waals surface area contributed by atoms with Gasteiger partial charge in [-0.2, -0.15) is 4.98 Å². The molecule has 3 aromatic rings. The predicted octanol–water partition coefficient (Wildman–Crippen LogP) is 1.93. The summed E-state index contributed by atoms with van der Waals surface area (Å²) in [7, 11) is 1.60. The van der Waals surface area contributed by atoms with Gasteiger partial charge in [-0.3, -0.25) is 4.79 Å². The predicted molar refractivity (Wildman–Crippen MR) is 66.2 cm³/mol. The van der Waals surface area contributed by atoms with E-state index in [1.54, 1.807) is 7.05 Å². The van der Waals surface area contributed by atoms with Crippen LogP contribution < -0.4 is 5.56 Å². The van der Waals surface area contributed by atoms with E-state index in [0.29, 0.717) is 12.1 Å². The minimum absolute atomic E-state index is 0.0290. The average Bonchev–Trinajstić information content (AvgIpc) is 2.76. The minimum Gasteiger partial charge on any atom is -0.423 e. The quantitative estimate of drug-likeness (QED) is 0.725. The van der Waals surface area contributed by atoms with E-state index in [-0.39, 0.29) is 17.1 Å².